The molecule has 0 bridgehead atoms. The molecule has 2 unspecified atom stereocenters. The van der Waals surface area contributed by atoms with Crippen LogP contribution in [0.2, 0.25) is 0 Å². The first-order chi connectivity index (χ1) is 6.52. The summed E-state index contributed by atoms with van der Waals surface area (Å²) in [5.74, 6) is 0.122. The Hall–Kier alpha value is -0.850. The molecule has 84 valence electrons. The summed E-state index contributed by atoms with van der Waals surface area (Å²) < 4.78 is 4.78. The van der Waals surface area contributed by atoms with E-state index < -0.39 is 6.10 Å². The number of nitrogens with two attached hydrogens (primary N) is 1. The summed E-state index contributed by atoms with van der Waals surface area (Å²) in [6, 6.07) is -0.216. The van der Waals surface area contributed by atoms with Crippen LogP contribution in [0.1, 0.15) is 6.92 Å². The number of nitrogens with zero attached hydrogens (tertiary/aromatic N) is 2. The topological polar surface area (TPSA) is 91.3 Å². The van der Waals surface area contributed by atoms with Crippen LogP contribution < -0.4 is 5.73 Å². The maximum Gasteiger partial charge on any atom is 0.156 e. The fraction of sp³-hybridized carbons (Fsp3) is 0.875. The third kappa shape index (κ3) is 4.40. The SMILES string of the molecule is COCC(O)CN(C)C(C)C(N)=NO. The number of ether oxygens (including phenoxy) is 1. The summed E-state index contributed by atoms with van der Waals surface area (Å²) in [5.41, 5.74) is 5.41. The molecule has 0 aliphatic heterocycles. The number of methoxy groups -OCH3 is 1. The van der Waals surface area contributed by atoms with Crippen molar-refractivity contribution in [2.75, 3.05) is 27.3 Å². The van der Waals surface area contributed by atoms with Gasteiger partial charge in [0.25, 0.3) is 0 Å². The summed E-state index contributed by atoms with van der Waals surface area (Å²) in [7, 11) is 3.30. The Balaban J connectivity index is 4.00. The number of amidine groups is 1. The molecular weight excluding hydrogens is 186 g/mol. The molecule has 0 heterocycles. The van der Waals surface area contributed by atoms with E-state index >= 15 is 0 Å². The van der Waals surface area contributed by atoms with Crippen LogP contribution in [0.5, 0.6) is 0 Å². The minimum atomic E-state index is -0.570. The molecule has 0 radical (unpaired) electrons. The van der Waals surface area contributed by atoms with Gasteiger partial charge in [-0.2, -0.15) is 0 Å². The van der Waals surface area contributed by atoms with Crippen LogP contribution >= 0.6 is 0 Å². The van der Waals surface area contributed by atoms with Crippen molar-refractivity contribution in [1.29, 1.82) is 0 Å². The van der Waals surface area contributed by atoms with Gasteiger partial charge in [0, 0.05) is 13.7 Å². The van der Waals surface area contributed by atoms with E-state index in [2.05, 4.69) is 5.16 Å². The highest BCUT2D eigenvalue weighted by Crippen LogP contribution is 1.98. The molecule has 0 saturated carbocycles. The van der Waals surface area contributed by atoms with Crippen molar-refractivity contribution in [3.8, 4) is 0 Å². The maximum absolute atomic E-state index is 9.41. The fourth-order valence-electron chi connectivity index (χ4n) is 1.04. The molecule has 4 N–H and O–H groups in total. The lowest BCUT2D eigenvalue weighted by atomic mass is 10.2. The largest absolute Gasteiger partial charge is 0.409 e. The molecule has 0 rings (SSSR count). The van der Waals surface area contributed by atoms with Crippen LogP contribution in [0.4, 0.5) is 0 Å². The quantitative estimate of drug-likeness (QED) is 0.225. The van der Waals surface area contributed by atoms with Crippen molar-refractivity contribution in [1.82, 2.24) is 4.90 Å². The molecule has 0 aromatic rings. The van der Waals surface area contributed by atoms with E-state index in [1.807, 2.05) is 0 Å². The summed E-state index contributed by atoms with van der Waals surface area (Å²) in [6.07, 6.45) is -0.570. The molecule has 2 atom stereocenters. The van der Waals surface area contributed by atoms with Crippen molar-refractivity contribution in [3.05, 3.63) is 0 Å². The van der Waals surface area contributed by atoms with Crippen molar-refractivity contribution in [3.63, 3.8) is 0 Å². The highest BCUT2D eigenvalue weighted by atomic mass is 16.5. The van der Waals surface area contributed by atoms with Gasteiger partial charge in [0.15, 0.2) is 5.84 Å². The van der Waals surface area contributed by atoms with Gasteiger partial charge in [0.2, 0.25) is 0 Å². The second-order valence-electron chi connectivity index (χ2n) is 3.25. The first-order valence-electron chi connectivity index (χ1n) is 4.37. The molecule has 0 aliphatic rings. The maximum atomic E-state index is 9.41. The molecule has 0 saturated heterocycles. The van der Waals surface area contributed by atoms with Crippen molar-refractivity contribution >= 4 is 5.84 Å². The first kappa shape index (κ1) is 13.2. The summed E-state index contributed by atoms with van der Waals surface area (Å²) in [6.45, 7) is 2.47. The summed E-state index contributed by atoms with van der Waals surface area (Å²) in [5, 5.41) is 20.8. The number of aliphatic hydroxyl groups excluding tert-OH is 1. The first-order valence-corrected chi connectivity index (χ1v) is 4.37. The molecule has 0 fully saturated rings. The molecule has 0 aromatic carbocycles. The third-order valence-corrected chi connectivity index (χ3v) is 2.06. The van der Waals surface area contributed by atoms with E-state index in [4.69, 9.17) is 15.7 Å². The van der Waals surface area contributed by atoms with Gasteiger partial charge in [0.05, 0.1) is 18.8 Å². The Morgan fingerprint density at radius 3 is 2.64 bits per heavy atom. The average Bonchev–Trinajstić information content (AvgIpc) is 2.15. The molecule has 0 spiro atoms. The lowest BCUT2D eigenvalue weighted by Gasteiger charge is -2.25. The molecule has 0 aliphatic carbocycles. The van der Waals surface area contributed by atoms with Gasteiger partial charge in [-0.3, -0.25) is 4.90 Å². The minimum Gasteiger partial charge on any atom is -0.409 e. The van der Waals surface area contributed by atoms with Gasteiger partial charge in [-0.1, -0.05) is 5.16 Å². The number of oxime groups is 1. The normalized spacial score (nSPS) is 17.1. The summed E-state index contributed by atoms with van der Waals surface area (Å²) in [4.78, 5) is 1.78. The summed E-state index contributed by atoms with van der Waals surface area (Å²) >= 11 is 0. The minimum absolute atomic E-state index is 0.122. The lowest BCUT2D eigenvalue weighted by molar-refractivity contribution is 0.0406. The Morgan fingerprint density at radius 1 is 1.64 bits per heavy atom. The van der Waals surface area contributed by atoms with Gasteiger partial charge in [-0.25, -0.2) is 0 Å². The van der Waals surface area contributed by atoms with E-state index in [0.717, 1.165) is 0 Å². The number of hydrogen-bond donors (Lipinski definition) is 3. The molecule has 14 heavy (non-hydrogen) atoms. The molecule has 0 amide bonds. The Morgan fingerprint density at radius 2 is 2.21 bits per heavy atom. The van der Waals surface area contributed by atoms with Crippen molar-refractivity contribution < 1.29 is 15.1 Å². The number of likely N-dealkylation sites (N-methyl/N-ethyl adjacent to an activating group) is 1. The van der Waals surface area contributed by atoms with Crippen LogP contribution in [0.3, 0.4) is 0 Å². The standard InChI is InChI=1S/C8H19N3O3/c1-6(8(9)10-13)11(2)4-7(12)5-14-3/h6-7,12-13H,4-5H2,1-3H3,(H2,9,10). The number of hydrogen-bond acceptors (Lipinski definition) is 5. The monoisotopic (exact) mass is 205 g/mol. The van der Waals surface area contributed by atoms with Gasteiger partial charge in [0.1, 0.15) is 0 Å². The van der Waals surface area contributed by atoms with Crippen molar-refractivity contribution in [2.45, 2.75) is 19.1 Å². The van der Waals surface area contributed by atoms with Crippen molar-refractivity contribution in [2.24, 2.45) is 10.9 Å². The Kier molecular flexibility index (Phi) is 6.18. The predicted octanol–water partition coefficient (Wildman–Crippen LogP) is -0.940. The van der Waals surface area contributed by atoms with Crippen LogP contribution in [0.15, 0.2) is 5.16 Å². The van der Waals surface area contributed by atoms with Crippen LogP contribution in [-0.2, 0) is 4.74 Å². The fourth-order valence-corrected chi connectivity index (χ4v) is 1.04. The lowest BCUT2D eigenvalue weighted by Crippen LogP contribution is -2.44. The second-order valence-corrected chi connectivity index (χ2v) is 3.25. The molecule has 0 aromatic heterocycles. The van der Waals surface area contributed by atoms with Crippen LogP contribution in [-0.4, -0.2) is 60.5 Å². The predicted molar refractivity (Wildman–Crippen MR) is 53.4 cm³/mol. The van der Waals surface area contributed by atoms with Gasteiger partial charge in [-0.05, 0) is 14.0 Å². The smallest absolute Gasteiger partial charge is 0.156 e. The van der Waals surface area contributed by atoms with Crippen LogP contribution in [0, 0.1) is 0 Å². The number of rotatable bonds is 6. The molecule has 6 heteroatoms. The number of aliphatic hydroxyl groups is 1. The third-order valence-electron chi connectivity index (χ3n) is 2.06. The Bertz CT molecular complexity index is 187. The Labute approximate surface area is 83.9 Å². The second kappa shape index (κ2) is 6.58. The average molecular weight is 205 g/mol. The highest BCUT2D eigenvalue weighted by Gasteiger charge is 2.16. The van der Waals surface area contributed by atoms with Gasteiger partial charge < -0.3 is 20.8 Å². The zero-order valence-corrected chi connectivity index (χ0v) is 8.84. The van der Waals surface area contributed by atoms with E-state index in [9.17, 15) is 5.11 Å². The molecule has 6 nitrogen and oxygen atoms in total. The zero-order valence-electron chi connectivity index (χ0n) is 8.84. The van der Waals surface area contributed by atoms with Gasteiger partial charge >= 0.3 is 0 Å². The van der Waals surface area contributed by atoms with E-state index in [-0.39, 0.29) is 18.5 Å². The van der Waals surface area contributed by atoms with Crippen LogP contribution in [0.25, 0.3) is 0 Å². The molecular formula is C8H19N3O3. The highest BCUT2D eigenvalue weighted by molar-refractivity contribution is 5.84. The van der Waals surface area contributed by atoms with E-state index in [0.29, 0.717) is 6.54 Å². The zero-order chi connectivity index (χ0) is 11.1. The van der Waals surface area contributed by atoms with Gasteiger partial charge in [-0.15, -0.1) is 0 Å². The van der Waals surface area contributed by atoms with E-state index in [1.54, 1.807) is 18.9 Å². The van der Waals surface area contributed by atoms with E-state index in [1.165, 1.54) is 7.11 Å².